The Balaban J connectivity index is 0.00000169. The molecule has 2 aliphatic rings. The Bertz CT molecular complexity index is 533. The summed E-state index contributed by atoms with van der Waals surface area (Å²) in [6, 6.07) is 4.17. The van der Waals surface area contributed by atoms with E-state index in [9.17, 15) is 4.79 Å². The molecule has 3 rings (SSSR count). The number of amides is 1. The van der Waals surface area contributed by atoms with E-state index in [0.29, 0.717) is 19.0 Å². The molecule has 0 radical (unpaired) electrons. The Morgan fingerprint density at radius 3 is 2.46 bits per heavy atom. The first kappa shape index (κ1) is 23.0. The number of nitrogens with two attached hydrogens (primary N) is 1. The van der Waals surface area contributed by atoms with Crippen LogP contribution in [0.3, 0.4) is 0 Å². The molecule has 148 valence electrons. The van der Waals surface area contributed by atoms with E-state index in [1.54, 1.807) is 0 Å². The minimum atomic E-state index is 0. The van der Waals surface area contributed by atoms with Gasteiger partial charge in [0.25, 0.3) is 0 Å². The molecular formula is C19H32Cl2N4O. The average Bonchev–Trinajstić information content (AvgIpc) is 2.94. The van der Waals surface area contributed by atoms with Crippen molar-refractivity contribution in [3.8, 4) is 0 Å². The van der Waals surface area contributed by atoms with E-state index < -0.39 is 0 Å². The molecule has 1 aromatic heterocycles. The number of carbonyl (C=O) groups excluding carboxylic acids is 1. The number of hydrogen-bond acceptors (Lipinski definition) is 4. The lowest BCUT2D eigenvalue weighted by Gasteiger charge is -2.21. The van der Waals surface area contributed by atoms with E-state index in [0.717, 1.165) is 43.7 Å². The van der Waals surface area contributed by atoms with Gasteiger partial charge in [-0.1, -0.05) is 25.3 Å². The number of rotatable bonds is 5. The molecule has 5 nitrogen and oxygen atoms in total. The summed E-state index contributed by atoms with van der Waals surface area (Å²) >= 11 is 0. The number of carbonyl (C=O) groups is 1. The molecule has 0 bridgehead atoms. The van der Waals surface area contributed by atoms with Crippen molar-refractivity contribution in [2.45, 2.75) is 51.5 Å². The molecule has 0 spiro atoms. The molecule has 2 atom stereocenters. The van der Waals surface area contributed by atoms with Gasteiger partial charge in [0.2, 0.25) is 5.91 Å². The molecule has 1 aliphatic carbocycles. The van der Waals surface area contributed by atoms with Crippen molar-refractivity contribution >= 4 is 36.5 Å². The van der Waals surface area contributed by atoms with Gasteiger partial charge in [-0.05, 0) is 49.8 Å². The monoisotopic (exact) mass is 402 g/mol. The van der Waals surface area contributed by atoms with Crippen LogP contribution in [0.1, 0.15) is 50.5 Å². The maximum atomic E-state index is 12.3. The van der Waals surface area contributed by atoms with Gasteiger partial charge in [0.1, 0.15) is 5.82 Å². The smallest absolute Gasteiger partial charge is 0.223 e. The summed E-state index contributed by atoms with van der Waals surface area (Å²) < 4.78 is 0. The fraction of sp³-hybridized carbons (Fsp3) is 0.684. The molecule has 0 unspecified atom stereocenters. The number of nitrogens with one attached hydrogen (secondary N) is 1. The Kier molecular flexibility index (Phi) is 10.3. The average molecular weight is 403 g/mol. The summed E-state index contributed by atoms with van der Waals surface area (Å²) in [6.45, 7) is 3.38. The lowest BCUT2D eigenvalue weighted by atomic mass is 9.95. The second kappa shape index (κ2) is 11.6. The van der Waals surface area contributed by atoms with Crippen LogP contribution in [0, 0.1) is 11.8 Å². The molecule has 2 heterocycles. The molecule has 1 saturated carbocycles. The van der Waals surface area contributed by atoms with Crippen LogP contribution < -0.4 is 16.0 Å². The van der Waals surface area contributed by atoms with E-state index in [1.807, 2.05) is 6.20 Å². The van der Waals surface area contributed by atoms with Crippen LogP contribution in [0.25, 0.3) is 0 Å². The third kappa shape index (κ3) is 6.00. The first-order valence-corrected chi connectivity index (χ1v) is 9.45. The van der Waals surface area contributed by atoms with Crippen molar-refractivity contribution < 1.29 is 4.79 Å². The summed E-state index contributed by atoms with van der Waals surface area (Å²) in [6.07, 6.45) is 10.2. The van der Waals surface area contributed by atoms with Gasteiger partial charge in [0, 0.05) is 31.7 Å². The van der Waals surface area contributed by atoms with Crippen molar-refractivity contribution in [1.29, 1.82) is 0 Å². The third-order valence-corrected chi connectivity index (χ3v) is 5.50. The second-order valence-corrected chi connectivity index (χ2v) is 7.18. The maximum absolute atomic E-state index is 12.3. The van der Waals surface area contributed by atoms with Gasteiger partial charge in [-0.25, -0.2) is 4.98 Å². The Hall–Kier alpha value is -1.04. The van der Waals surface area contributed by atoms with Crippen LogP contribution in [-0.2, 0) is 11.3 Å². The zero-order valence-corrected chi connectivity index (χ0v) is 17.0. The van der Waals surface area contributed by atoms with Crippen molar-refractivity contribution in [1.82, 2.24) is 10.3 Å². The van der Waals surface area contributed by atoms with Crippen LogP contribution >= 0.6 is 24.8 Å². The number of hydrogen-bond donors (Lipinski definition) is 2. The predicted molar refractivity (Wildman–Crippen MR) is 111 cm³/mol. The van der Waals surface area contributed by atoms with Crippen molar-refractivity contribution in [2.24, 2.45) is 17.6 Å². The highest BCUT2D eigenvalue weighted by Crippen LogP contribution is 2.31. The number of pyridine rings is 1. The highest BCUT2D eigenvalue weighted by atomic mass is 35.5. The highest BCUT2D eigenvalue weighted by molar-refractivity contribution is 5.85. The first-order chi connectivity index (χ1) is 11.8. The number of nitrogens with zero attached hydrogens (tertiary/aromatic N) is 2. The second-order valence-electron chi connectivity index (χ2n) is 7.18. The van der Waals surface area contributed by atoms with Gasteiger partial charge in [-0.15, -0.1) is 24.8 Å². The fourth-order valence-corrected chi connectivity index (χ4v) is 3.99. The minimum absolute atomic E-state index is 0. The Morgan fingerprint density at radius 2 is 1.85 bits per heavy atom. The molecule has 1 saturated heterocycles. The maximum Gasteiger partial charge on any atom is 0.223 e. The molecule has 1 amide bonds. The van der Waals surface area contributed by atoms with E-state index >= 15 is 0 Å². The molecule has 2 fully saturated rings. The van der Waals surface area contributed by atoms with Crippen molar-refractivity contribution in [3.05, 3.63) is 23.9 Å². The van der Waals surface area contributed by atoms with Crippen LogP contribution in [0.15, 0.2) is 18.3 Å². The summed E-state index contributed by atoms with van der Waals surface area (Å²) in [4.78, 5) is 19.3. The minimum Gasteiger partial charge on any atom is -0.357 e. The van der Waals surface area contributed by atoms with Gasteiger partial charge < -0.3 is 16.0 Å². The quantitative estimate of drug-likeness (QED) is 0.792. The summed E-state index contributed by atoms with van der Waals surface area (Å²) in [7, 11) is 0. The number of aromatic nitrogens is 1. The Labute approximate surface area is 169 Å². The van der Waals surface area contributed by atoms with Crippen LogP contribution in [-0.4, -0.2) is 30.5 Å². The topological polar surface area (TPSA) is 71.2 Å². The highest BCUT2D eigenvalue weighted by Gasteiger charge is 2.31. The van der Waals surface area contributed by atoms with Crippen LogP contribution in [0.4, 0.5) is 5.82 Å². The zero-order valence-electron chi connectivity index (χ0n) is 15.4. The summed E-state index contributed by atoms with van der Waals surface area (Å²) in [5.41, 5.74) is 6.83. The molecule has 3 N–H and O–H groups in total. The van der Waals surface area contributed by atoms with E-state index in [1.165, 1.54) is 25.7 Å². The molecule has 26 heavy (non-hydrogen) atoms. The number of halogens is 2. The fourth-order valence-electron chi connectivity index (χ4n) is 3.99. The van der Waals surface area contributed by atoms with Gasteiger partial charge in [-0.2, -0.15) is 0 Å². The van der Waals surface area contributed by atoms with Crippen molar-refractivity contribution in [3.63, 3.8) is 0 Å². The standard InChI is InChI=1S/C19H30N4O.2ClH/c20-12-16-6-5-7-17(16)19(24)22-14-15-8-9-18(21-13-15)23-10-3-1-2-4-11-23;;/h8-9,13,16-17H,1-7,10-12,14,20H2,(H,22,24);2*1H/t16-,17-;;/m1../s1. The zero-order chi connectivity index (χ0) is 16.8. The lowest BCUT2D eigenvalue weighted by Crippen LogP contribution is -2.34. The molecule has 7 heteroatoms. The van der Waals surface area contributed by atoms with Crippen LogP contribution in [0.5, 0.6) is 0 Å². The molecule has 0 aromatic carbocycles. The Morgan fingerprint density at radius 1 is 1.12 bits per heavy atom. The molecule has 1 aromatic rings. The third-order valence-electron chi connectivity index (χ3n) is 5.50. The van der Waals surface area contributed by atoms with Crippen LogP contribution in [0.2, 0.25) is 0 Å². The van der Waals surface area contributed by atoms with Gasteiger partial charge in [0.05, 0.1) is 0 Å². The van der Waals surface area contributed by atoms with E-state index in [-0.39, 0.29) is 36.6 Å². The van der Waals surface area contributed by atoms with Gasteiger partial charge >= 0.3 is 0 Å². The van der Waals surface area contributed by atoms with E-state index in [2.05, 4.69) is 27.3 Å². The number of anilines is 1. The normalized spacial score (nSPS) is 22.7. The van der Waals surface area contributed by atoms with Crippen molar-refractivity contribution in [2.75, 3.05) is 24.5 Å². The lowest BCUT2D eigenvalue weighted by molar-refractivity contribution is -0.126. The van der Waals surface area contributed by atoms with Gasteiger partial charge in [0.15, 0.2) is 0 Å². The summed E-state index contributed by atoms with van der Waals surface area (Å²) in [5, 5.41) is 3.07. The largest absolute Gasteiger partial charge is 0.357 e. The molecule has 1 aliphatic heterocycles. The molecular weight excluding hydrogens is 371 g/mol. The SMILES string of the molecule is Cl.Cl.NC[C@H]1CCC[C@H]1C(=O)NCc1ccc(N2CCCCCC2)nc1. The first-order valence-electron chi connectivity index (χ1n) is 9.45. The predicted octanol–water partition coefficient (Wildman–Crippen LogP) is 3.30. The van der Waals surface area contributed by atoms with Gasteiger partial charge in [-0.3, -0.25) is 4.79 Å². The summed E-state index contributed by atoms with van der Waals surface area (Å²) in [5.74, 6) is 1.67. The van der Waals surface area contributed by atoms with E-state index in [4.69, 9.17) is 5.73 Å².